The SMILES string of the molecule is CC(O)NC(C)O.Cn1nnc2ccccc21. The van der Waals surface area contributed by atoms with Gasteiger partial charge in [0.1, 0.15) is 18.0 Å². The number of hydrogen-bond donors (Lipinski definition) is 3. The number of benzene rings is 1. The molecule has 0 spiro atoms. The molecule has 1 aromatic heterocycles. The van der Waals surface area contributed by atoms with Gasteiger partial charge in [-0.25, -0.2) is 4.68 Å². The van der Waals surface area contributed by atoms with Crippen molar-refractivity contribution in [3.63, 3.8) is 0 Å². The molecule has 0 aliphatic heterocycles. The molecule has 1 aromatic carbocycles. The number of fused-ring (bicyclic) bond motifs is 1. The van der Waals surface area contributed by atoms with Crippen molar-refractivity contribution < 1.29 is 10.2 Å². The molecule has 94 valence electrons. The van der Waals surface area contributed by atoms with E-state index in [2.05, 4.69) is 15.6 Å². The van der Waals surface area contributed by atoms with Gasteiger partial charge >= 0.3 is 0 Å². The molecule has 0 fully saturated rings. The summed E-state index contributed by atoms with van der Waals surface area (Å²) >= 11 is 0. The van der Waals surface area contributed by atoms with Crippen LogP contribution in [0.5, 0.6) is 0 Å². The van der Waals surface area contributed by atoms with Crippen molar-refractivity contribution in [2.75, 3.05) is 0 Å². The lowest BCUT2D eigenvalue weighted by atomic mass is 10.3. The monoisotopic (exact) mass is 238 g/mol. The highest BCUT2D eigenvalue weighted by Crippen LogP contribution is 2.06. The maximum atomic E-state index is 8.45. The summed E-state index contributed by atoms with van der Waals surface area (Å²) in [6.07, 6.45) is -1.25. The Balaban J connectivity index is 0.000000185. The highest BCUT2D eigenvalue weighted by molar-refractivity contribution is 5.73. The lowest BCUT2D eigenvalue weighted by molar-refractivity contribution is 0.0632. The lowest BCUT2D eigenvalue weighted by Gasteiger charge is -2.08. The van der Waals surface area contributed by atoms with Gasteiger partial charge in [0.2, 0.25) is 0 Å². The summed E-state index contributed by atoms with van der Waals surface area (Å²) in [6, 6.07) is 7.88. The number of rotatable bonds is 2. The molecule has 0 bridgehead atoms. The first kappa shape index (κ1) is 13.6. The van der Waals surface area contributed by atoms with E-state index in [0.717, 1.165) is 11.0 Å². The first-order chi connectivity index (χ1) is 8.00. The minimum Gasteiger partial charge on any atom is -0.379 e. The van der Waals surface area contributed by atoms with Gasteiger partial charge in [-0.3, -0.25) is 5.32 Å². The predicted octanol–water partition coefficient (Wildman–Crippen LogP) is 0.221. The van der Waals surface area contributed by atoms with Crippen LogP contribution >= 0.6 is 0 Å². The maximum Gasteiger partial charge on any atom is 0.113 e. The number of aliphatic hydroxyl groups excluding tert-OH is 2. The molecule has 0 radical (unpaired) electrons. The van der Waals surface area contributed by atoms with Gasteiger partial charge in [-0.05, 0) is 26.0 Å². The summed E-state index contributed by atoms with van der Waals surface area (Å²) < 4.78 is 1.76. The van der Waals surface area contributed by atoms with E-state index in [-0.39, 0.29) is 0 Å². The van der Waals surface area contributed by atoms with E-state index in [0.29, 0.717) is 0 Å². The van der Waals surface area contributed by atoms with Crippen molar-refractivity contribution in [2.24, 2.45) is 7.05 Å². The normalized spacial score (nSPS) is 13.9. The molecule has 17 heavy (non-hydrogen) atoms. The minimum atomic E-state index is -0.625. The minimum absolute atomic E-state index is 0.625. The van der Waals surface area contributed by atoms with Gasteiger partial charge in [0.15, 0.2) is 0 Å². The molecule has 2 aromatic rings. The van der Waals surface area contributed by atoms with Crippen molar-refractivity contribution in [1.82, 2.24) is 20.3 Å². The first-order valence-electron chi connectivity index (χ1n) is 5.37. The topological polar surface area (TPSA) is 83.2 Å². The van der Waals surface area contributed by atoms with Crippen LogP contribution < -0.4 is 5.32 Å². The van der Waals surface area contributed by atoms with Crippen LogP contribution in [-0.4, -0.2) is 37.7 Å². The van der Waals surface area contributed by atoms with E-state index in [1.54, 1.807) is 18.5 Å². The fraction of sp³-hybridized carbons (Fsp3) is 0.455. The van der Waals surface area contributed by atoms with Gasteiger partial charge in [-0.2, -0.15) is 0 Å². The molecule has 0 amide bonds. The summed E-state index contributed by atoms with van der Waals surface area (Å²) in [5.41, 5.74) is 2.02. The van der Waals surface area contributed by atoms with Crippen LogP contribution in [0.1, 0.15) is 13.8 Å². The molecule has 0 saturated carbocycles. The van der Waals surface area contributed by atoms with Crippen molar-refractivity contribution in [3.8, 4) is 0 Å². The number of aryl methyl sites for hydroxylation is 1. The summed E-state index contributed by atoms with van der Waals surface area (Å²) in [4.78, 5) is 0. The Labute approximate surface area is 99.9 Å². The Hall–Kier alpha value is -1.50. The molecule has 3 N–H and O–H groups in total. The predicted molar refractivity (Wildman–Crippen MR) is 65.0 cm³/mol. The highest BCUT2D eigenvalue weighted by atomic mass is 16.3. The van der Waals surface area contributed by atoms with E-state index < -0.39 is 12.5 Å². The highest BCUT2D eigenvalue weighted by Gasteiger charge is 1.96. The molecule has 0 aliphatic carbocycles. The van der Waals surface area contributed by atoms with E-state index in [1.807, 2.05) is 31.3 Å². The molecule has 0 aliphatic rings. The van der Waals surface area contributed by atoms with Crippen molar-refractivity contribution >= 4 is 11.0 Å². The number of hydrogen-bond acceptors (Lipinski definition) is 5. The fourth-order valence-electron chi connectivity index (χ4n) is 1.33. The smallest absolute Gasteiger partial charge is 0.113 e. The molecule has 6 heteroatoms. The lowest BCUT2D eigenvalue weighted by Crippen LogP contribution is -2.33. The fourth-order valence-corrected chi connectivity index (χ4v) is 1.33. The van der Waals surface area contributed by atoms with Crippen LogP contribution in [0.3, 0.4) is 0 Å². The second-order valence-electron chi connectivity index (χ2n) is 3.72. The Morgan fingerprint density at radius 2 is 1.76 bits per heavy atom. The summed E-state index contributed by atoms with van der Waals surface area (Å²) in [6.45, 7) is 3.10. The molecule has 6 nitrogen and oxygen atoms in total. The largest absolute Gasteiger partial charge is 0.379 e. The van der Waals surface area contributed by atoms with Crippen LogP contribution in [0.2, 0.25) is 0 Å². The van der Waals surface area contributed by atoms with Gasteiger partial charge in [-0.1, -0.05) is 17.3 Å². The van der Waals surface area contributed by atoms with Gasteiger partial charge in [0, 0.05) is 7.05 Å². The second kappa shape index (κ2) is 6.29. The number of aromatic nitrogens is 3. The Morgan fingerprint density at radius 1 is 1.18 bits per heavy atom. The standard InChI is InChI=1S/C7H7N3.C4H11NO2/c1-10-7-5-3-2-4-6(7)8-9-10;1-3(6)5-4(2)7/h2-5H,1H3;3-7H,1-2H3. The maximum absolute atomic E-state index is 8.45. The quantitative estimate of drug-likeness (QED) is 0.652. The van der Waals surface area contributed by atoms with E-state index in [1.165, 1.54) is 0 Å². The van der Waals surface area contributed by atoms with Crippen molar-refractivity contribution in [3.05, 3.63) is 24.3 Å². The molecular formula is C11H18N4O2. The Morgan fingerprint density at radius 3 is 2.24 bits per heavy atom. The van der Waals surface area contributed by atoms with Crippen molar-refractivity contribution in [2.45, 2.75) is 26.3 Å². The molecule has 2 rings (SSSR count). The van der Waals surface area contributed by atoms with E-state index in [4.69, 9.17) is 10.2 Å². The molecule has 2 atom stereocenters. The average Bonchev–Trinajstić information content (AvgIpc) is 2.60. The van der Waals surface area contributed by atoms with Crippen LogP contribution in [-0.2, 0) is 7.05 Å². The summed E-state index contributed by atoms with van der Waals surface area (Å²) in [5.74, 6) is 0. The summed E-state index contributed by atoms with van der Waals surface area (Å²) in [5, 5.41) is 27.1. The number of para-hydroxylation sites is 1. The van der Waals surface area contributed by atoms with Gasteiger partial charge < -0.3 is 10.2 Å². The third-order valence-electron chi connectivity index (χ3n) is 2.00. The van der Waals surface area contributed by atoms with Crippen LogP contribution in [0, 0.1) is 0 Å². The molecule has 0 saturated heterocycles. The zero-order chi connectivity index (χ0) is 12.8. The third kappa shape index (κ3) is 4.48. The molecular weight excluding hydrogens is 220 g/mol. The van der Waals surface area contributed by atoms with Crippen LogP contribution in [0.25, 0.3) is 11.0 Å². The van der Waals surface area contributed by atoms with E-state index >= 15 is 0 Å². The third-order valence-corrected chi connectivity index (χ3v) is 2.00. The molecule has 1 heterocycles. The van der Waals surface area contributed by atoms with E-state index in [9.17, 15) is 0 Å². The van der Waals surface area contributed by atoms with Gasteiger partial charge in [0.05, 0.1) is 5.52 Å². The summed E-state index contributed by atoms with van der Waals surface area (Å²) in [7, 11) is 1.88. The number of nitrogens with zero attached hydrogens (tertiary/aromatic N) is 3. The molecule has 2 unspecified atom stereocenters. The zero-order valence-electron chi connectivity index (χ0n) is 10.2. The Bertz CT molecular complexity index is 447. The second-order valence-corrected chi connectivity index (χ2v) is 3.72. The zero-order valence-corrected chi connectivity index (χ0v) is 10.2. The first-order valence-corrected chi connectivity index (χ1v) is 5.37. The van der Waals surface area contributed by atoms with Crippen LogP contribution in [0.4, 0.5) is 0 Å². The number of nitrogens with one attached hydrogen (secondary N) is 1. The Kier molecular flexibility index (Phi) is 5.02. The number of aliphatic hydroxyl groups is 2. The van der Waals surface area contributed by atoms with Crippen molar-refractivity contribution in [1.29, 1.82) is 0 Å². The van der Waals surface area contributed by atoms with Crippen LogP contribution in [0.15, 0.2) is 24.3 Å². The average molecular weight is 238 g/mol. The van der Waals surface area contributed by atoms with Gasteiger partial charge in [-0.15, -0.1) is 5.10 Å². The van der Waals surface area contributed by atoms with Gasteiger partial charge in [0.25, 0.3) is 0 Å².